The average molecular weight is 399 g/mol. The van der Waals surface area contributed by atoms with Crippen LogP contribution in [0.1, 0.15) is 42.1 Å². The molecule has 28 heavy (non-hydrogen) atoms. The standard InChI is InChI=1S/C23H27ClN2O2/c1-17(11-12-18-7-3-2-4-8-18)25-22(27)19-13-15-26(16-14-19)23(28)20-9-5-6-10-21(20)24/h2-10,17,19H,11-16H2,1H3,(H,25,27)/t17-/m0/s1. The predicted octanol–water partition coefficient (Wildman–Crippen LogP) is 4.33. The van der Waals surface area contributed by atoms with E-state index in [0.29, 0.717) is 36.5 Å². The van der Waals surface area contributed by atoms with Crippen LogP contribution in [0.15, 0.2) is 54.6 Å². The minimum atomic E-state index is -0.0549. The van der Waals surface area contributed by atoms with Gasteiger partial charge in [0.15, 0.2) is 0 Å². The fourth-order valence-corrected chi connectivity index (χ4v) is 3.83. The second kappa shape index (κ2) is 9.74. The van der Waals surface area contributed by atoms with E-state index >= 15 is 0 Å². The van der Waals surface area contributed by atoms with Gasteiger partial charge >= 0.3 is 0 Å². The maximum Gasteiger partial charge on any atom is 0.255 e. The molecule has 4 nitrogen and oxygen atoms in total. The van der Waals surface area contributed by atoms with E-state index in [-0.39, 0.29) is 23.8 Å². The molecular formula is C23H27ClN2O2. The molecule has 2 aromatic carbocycles. The normalized spacial score (nSPS) is 15.9. The second-order valence-corrected chi connectivity index (χ2v) is 7.89. The quantitative estimate of drug-likeness (QED) is 0.787. The van der Waals surface area contributed by atoms with Crippen molar-refractivity contribution in [1.82, 2.24) is 10.2 Å². The maximum absolute atomic E-state index is 12.6. The van der Waals surface area contributed by atoms with Crippen molar-refractivity contribution in [2.75, 3.05) is 13.1 Å². The molecule has 0 aromatic heterocycles. The average Bonchev–Trinajstić information content (AvgIpc) is 2.73. The SMILES string of the molecule is C[C@@H](CCc1ccccc1)NC(=O)C1CCN(C(=O)c2ccccc2Cl)CC1. The summed E-state index contributed by atoms with van der Waals surface area (Å²) in [5, 5.41) is 3.61. The van der Waals surface area contributed by atoms with Crippen LogP contribution in [-0.2, 0) is 11.2 Å². The smallest absolute Gasteiger partial charge is 0.255 e. The minimum absolute atomic E-state index is 0.0329. The molecule has 5 heteroatoms. The van der Waals surface area contributed by atoms with Crippen LogP contribution in [0.5, 0.6) is 0 Å². The van der Waals surface area contributed by atoms with Crippen molar-refractivity contribution in [2.24, 2.45) is 5.92 Å². The Hall–Kier alpha value is -2.33. The lowest BCUT2D eigenvalue weighted by Gasteiger charge is -2.32. The summed E-state index contributed by atoms with van der Waals surface area (Å²) in [5.74, 6) is 0.0144. The number of benzene rings is 2. The monoisotopic (exact) mass is 398 g/mol. The molecule has 1 fully saturated rings. The van der Waals surface area contributed by atoms with Crippen molar-refractivity contribution in [2.45, 2.75) is 38.6 Å². The molecule has 1 heterocycles. The zero-order chi connectivity index (χ0) is 19.9. The Morgan fingerprint density at radius 3 is 2.39 bits per heavy atom. The van der Waals surface area contributed by atoms with Crippen molar-refractivity contribution in [1.29, 1.82) is 0 Å². The number of aryl methyl sites for hydroxylation is 1. The third-order valence-corrected chi connectivity index (χ3v) is 5.68. The lowest BCUT2D eigenvalue weighted by atomic mass is 9.94. The molecule has 1 atom stereocenters. The lowest BCUT2D eigenvalue weighted by molar-refractivity contribution is -0.126. The summed E-state index contributed by atoms with van der Waals surface area (Å²) >= 11 is 6.14. The molecule has 148 valence electrons. The lowest BCUT2D eigenvalue weighted by Crippen LogP contribution is -2.45. The zero-order valence-electron chi connectivity index (χ0n) is 16.2. The second-order valence-electron chi connectivity index (χ2n) is 7.48. The van der Waals surface area contributed by atoms with Crippen molar-refractivity contribution >= 4 is 23.4 Å². The number of carbonyl (C=O) groups excluding carboxylic acids is 2. The topological polar surface area (TPSA) is 49.4 Å². The summed E-state index contributed by atoms with van der Waals surface area (Å²) in [6, 6.07) is 17.6. The highest BCUT2D eigenvalue weighted by Gasteiger charge is 2.28. The number of hydrogen-bond acceptors (Lipinski definition) is 2. The molecule has 2 aromatic rings. The molecule has 1 aliphatic rings. The van der Waals surface area contributed by atoms with Gasteiger partial charge in [0, 0.05) is 25.0 Å². The maximum atomic E-state index is 12.6. The van der Waals surface area contributed by atoms with Gasteiger partial charge in [-0.2, -0.15) is 0 Å². The Balaban J connectivity index is 1.44. The van der Waals surface area contributed by atoms with Crippen LogP contribution < -0.4 is 5.32 Å². The number of hydrogen-bond donors (Lipinski definition) is 1. The van der Waals surface area contributed by atoms with E-state index in [4.69, 9.17) is 11.6 Å². The van der Waals surface area contributed by atoms with E-state index in [1.54, 1.807) is 17.0 Å². The number of nitrogens with one attached hydrogen (secondary N) is 1. The summed E-state index contributed by atoms with van der Waals surface area (Å²) in [6.45, 7) is 3.22. The Morgan fingerprint density at radius 1 is 1.07 bits per heavy atom. The minimum Gasteiger partial charge on any atom is -0.353 e. The van der Waals surface area contributed by atoms with E-state index in [1.807, 2.05) is 30.3 Å². The highest BCUT2D eigenvalue weighted by atomic mass is 35.5. The third-order valence-electron chi connectivity index (χ3n) is 5.35. The van der Waals surface area contributed by atoms with Gasteiger partial charge < -0.3 is 10.2 Å². The number of rotatable bonds is 6. The zero-order valence-corrected chi connectivity index (χ0v) is 17.0. The van der Waals surface area contributed by atoms with Gasteiger partial charge in [0.25, 0.3) is 5.91 Å². The summed E-state index contributed by atoms with van der Waals surface area (Å²) < 4.78 is 0. The molecule has 0 unspecified atom stereocenters. The molecule has 0 radical (unpaired) electrons. The fraction of sp³-hybridized carbons (Fsp3) is 0.391. The number of amides is 2. The van der Waals surface area contributed by atoms with Crippen LogP contribution in [0.25, 0.3) is 0 Å². The van der Waals surface area contributed by atoms with Crippen molar-refractivity contribution in [3.8, 4) is 0 Å². The third kappa shape index (κ3) is 5.35. The Labute approximate surface area is 171 Å². The van der Waals surface area contributed by atoms with E-state index in [1.165, 1.54) is 5.56 Å². The van der Waals surface area contributed by atoms with Crippen LogP contribution in [0.2, 0.25) is 5.02 Å². The van der Waals surface area contributed by atoms with Crippen molar-refractivity contribution in [3.05, 3.63) is 70.7 Å². The summed E-state index contributed by atoms with van der Waals surface area (Å²) in [7, 11) is 0. The molecule has 1 saturated heterocycles. The van der Waals surface area contributed by atoms with Crippen LogP contribution in [-0.4, -0.2) is 35.8 Å². The van der Waals surface area contributed by atoms with E-state index in [2.05, 4.69) is 24.4 Å². The van der Waals surface area contributed by atoms with Crippen molar-refractivity contribution < 1.29 is 9.59 Å². The van der Waals surface area contributed by atoms with Crippen LogP contribution in [0.4, 0.5) is 0 Å². The van der Waals surface area contributed by atoms with E-state index in [9.17, 15) is 9.59 Å². The molecule has 1 N–H and O–H groups in total. The van der Waals surface area contributed by atoms with E-state index < -0.39 is 0 Å². The number of halogens is 1. The molecule has 3 rings (SSSR count). The predicted molar refractivity (Wildman–Crippen MR) is 112 cm³/mol. The molecule has 0 saturated carbocycles. The number of likely N-dealkylation sites (tertiary alicyclic amines) is 1. The highest BCUT2D eigenvalue weighted by Crippen LogP contribution is 2.22. The summed E-state index contributed by atoms with van der Waals surface area (Å²) in [4.78, 5) is 27.0. The molecule has 0 bridgehead atoms. The van der Waals surface area contributed by atoms with Crippen LogP contribution in [0.3, 0.4) is 0 Å². The molecule has 0 spiro atoms. The first-order valence-electron chi connectivity index (χ1n) is 9.92. The number of piperidine rings is 1. The Bertz CT molecular complexity index is 801. The Kier molecular flexibility index (Phi) is 7.10. The van der Waals surface area contributed by atoms with Crippen LogP contribution >= 0.6 is 11.6 Å². The van der Waals surface area contributed by atoms with Gasteiger partial charge in [0.05, 0.1) is 10.6 Å². The van der Waals surface area contributed by atoms with Crippen molar-refractivity contribution in [3.63, 3.8) is 0 Å². The van der Waals surface area contributed by atoms with Gasteiger partial charge in [-0.05, 0) is 50.3 Å². The first-order chi connectivity index (χ1) is 13.5. The van der Waals surface area contributed by atoms with Crippen LogP contribution in [0, 0.1) is 5.92 Å². The van der Waals surface area contributed by atoms with Gasteiger partial charge in [0.2, 0.25) is 5.91 Å². The molecule has 0 aliphatic carbocycles. The number of nitrogens with zero attached hydrogens (tertiary/aromatic N) is 1. The number of carbonyl (C=O) groups is 2. The fourth-order valence-electron chi connectivity index (χ4n) is 3.61. The largest absolute Gasteiger partial charge is 0.353 e. The summed E-state index contributed by atoms with van der Waals surface area (Å²) in [6.07, 6.45) is 3.24. The molecule has 1 aliphatic heterocycles. The van der Waals surface area contributed by atoms with Gasteiger partial charge in [-0.15, -0.1) is 0 Å². The van der Waals surface area contributed by atoms with Gasteiger partial charge in [-0.1, -0.05) is 54.1 Å². The van der Waals surface area contributed by atoms with Gasteiger partial charge in [-0.25, -0.2) is 0 Å². The molecular weight excluding hydrogens is 372 g/mol. The Morgan fingerprint density at radius 2 is 1.71 bits per heavy atom. The van der Waals surface area contributed by atoms with Gasteiger partial charge in [0.1, 0.15) is 0 Å². The first kappa shape index (κ1) is 20.4. The van der Waals surface area contributed by atoms with Gasteiger partial charge in [-0.3, -0.25) is 9.59 Å². The first-order valence-corrected chi connectivity index (χ1v) is 10.3. The molecule has 2 amide bonds. The highest BCUT2D eigenvalue weighted by molar-refractivity contribution is 6.33. The summed E-state index contributed by atoms with van der Waals surface area (Å²) in [5.41, 5.74) is 1.82. The van der Waals surface area contributed by atoms with E-state index in [0.717, 1.165) is 12.8 Å².